The van der Waals surface area contributed by atoms with Gasteiger partial charge in [0.1, 0.15) is 0 Å². The summed E-state index contributed by atoms with van der Waals surface area (Å²) in [7, 11) is 0. The Morgan fingerprint density at radius 2 is 2.05 bits per heavy atom. The fourth-order valence-corrected chi connectivity index (χ4v) is 2.08. The van der Waals surface area contributed by atoms with Gasteiger partial charge >= 0.3 is 0 Å². The maximum atomic E-state index is 12.3. The van der Waals surface area contributed by atoms with Gasteiger partial charge in [-0.3, -0.25) is 10.1 Å². The summed E-state index contributed by atoms with van der Waals surface area (Å²) in [6, 6.07) is 13.3. The molecule has 0 saturated heterocycles. The van der Waals surface area contributed by atoms with Gasteiger partial charge < -0.3 is 0 Å². The van der Waals surface area contributed by atoms with E-state index in [0.717, 1.165) is 10.8 Å². The number of rotatable bonds is 4. The third kappa shape index (κ3) is 2.64. The van der Waals surface area contributed by atoms with E-state index in [2.05, 4.69) is 27.3 Å². The Labute approximate surface area is 121 Å². The average molecular weight is 279 g/mol. The molecule has 1 N–H and O–H groups in total. The van der Waals surface area contributed by atoms with Gasteiger partial charge in [-0.15, -0.1) is 11.7 Å². The van der Waals surface area contributed by atoms with E-state index in [1.165, 1.54) is 4.80 Å². The Morgan fingerprint density at radius 3 is 2.90 bits per heavy atom. The Bertz CT molecular complexity index is 803. The van der Waals surface area contributed by atoms with Crippen LogP contribution in [0.25, 0.3) is 10.8 Å². The van der Waals surface area contributed by atoms with Crippen molar-refractivity contribution in [3.63, 3.8) is 0 Å². The van der Waals surface area contributed by atoms with Gasteiger partial charge in [0, 0.05) is 5.56 Å². The van der Waals surface area contributed by atoms with Gasteiger partial charge in [-0.1, -0.05) is 47.6 Å². The number of hydrogen-bond donors (Lipinski definition) is 1. The first-order valence-electron chi connectivity index (χ1n) is 6.46. The molecule has 0 saturated carbocycles. The minimum atomic E-state index is -0.259. The van der Waals surface area contributed by atoms with E-state index in [0.29, 0.717) is 12.1 Å². The average Bonchev–Trinajstić information content (AvgIpc) is 2.94. The van der Waals surface area contributed by atoms with Crippen LogP contribution in [0.3, 0.4) is 0 Å². The number of carbonyl (C=O) groups is 1. The lowest BCUT2D eigenvalue weighted by molar-refractivity contribution is 0.102. The molecule has 104 valence electrons. The van der Waals surface area contributed by atoms with E-state index in [1.807, 2.05) is 36.4 Å². The largest absolute Gasteiger partial charge is 0.288 e. The van der Waals surface area contributed by atoms with Crippen LogP contribution in [-0.2, 0) is 6.54 Å². The SMILES string of the molecule is C=CCn1nnc(NC(=O)c2cccc3ccccc23)n1. The van der Waals surface area contributed by atoms with E-state index >= 15 is 0 Å². The predicted molar refractivity (Wildman–Crippen MR) is 79.9 cm³/mol. The van der Waals surface area contributed by atoms with Crippen LogP contribution in [0, 0.1) is 0 Å². The van der Waals surface area contributed by atoms with Crippen molar-refractivity contribution >= 4 is 22.6 Å². The zero-order valence-corrected chi connectivity index (χ0v) is 11.2. The standard InChI is InChI=1S/C15H13N5O/c1-2-10-20-18-15(17-19-20)16-14(21)13-9-5-7-11-6-3-4-8-12(11)13/h2-9H,1,10H2,(H,16,18,21). The van der Waals surface area contributed by atoms with E-state index < -0.39 is 0 Å². The second-order valence-electron chi connectivity index (χ2n) is 4.44. The molecule has 3 rings (SSSR count). The molecule has 3 aromatic rings. The van der Waals surface area contributed by atoms with Gasteiger partial charge in [0.15, 0.2) is 0 Å². The van der Waals surface area contributed by atoms with Crippen LogP contribution < -0.4 is 5.32 Å². The number of nitrogens with one attached hydrogen (secondary N) is 1. The molecule has 0 aliphatic rings. The molecule has 0 aliphatic heterocycles. The van der Waals surface area contributed by atoms with Crippen molar-refractivity contribution in [3.05, 3.63) is 60.7 Å². The van der Waals surface area contributed by atoms with Gasteiger partial charge in [0.25, 0.3) is 11.9 Å². The second-order valence-corrected chi connectivity index (χ2v) is 4.44. The van der Waals surface area contributed by atoms with Crippen LogP contribution in [0.2, 0.25) is 0 Å². The minimum absolute atomic E-state index is 0.176. The molecule has 6 nitrogen and oxygen atoms in total. The van der Waals surface area contributed by atoms with E-state index in [-0.39, 0.29) is 11.9 Å². The maximum Gasteiger partial charge on any atom is 0.270 e. The molecule has 0 radical (unpaired) electrons. The third-order valence-electron chi connectivity index (χ3n) is 3.00. The molecule has 0 aliphatic carbocycles. The number of aromatic nitrogens is 4. The van der Waals surface area contributed by atoms with E-state index in [4.69, 9.17) is 0 Å². The van der Waals surface area contributed by atoms with Crippen molar-refractivity contribution in [2.45, 2.75) is 6.54 Å². The lowest BCUT2D eigenvalue weighted by Crippen LogP contribution is -2.13. The van der Waals surface area contributed by atoms with Crippen LogP contribution in [-0.4, -0.2) is 26.1 Å². The van der Waals surface area contributed by atoms with Crippen molar-refractivity contribution in [1.82, 2.24) is 20.2 Å². The Kier molecular flexibility index (Phi) is 3.42. The van der Waals surface area contributed by atoms with Crippen molar-refractivity contribution < 1.29 is 4.79 Å². The van der Waals surface area contributed by atoms with E-state index in [1.54, 1.807) is 12.1 Å². The molecule has 1 aromatic heterocycles. The number of allylic oxidation sites excluding steroid dienone is 1. The van der Waals surface area contributed by atoms with E-state index in [9.17, 15) is 4.79 Å². The second kappa shape index (κ2) is 5.54. The highest BCUT2D eigenvalue weighted by Gasteiger charge is 2.12. The molecule has 0 unspecified atom stereocenters. The minimum Gasteiger partial charge on any atom is -0.288 e. The maximum absolute atomic E-state index is 12.3. The first-order valence-corrected chi connectivity index (χ1v) is 6.46. The Balaban J connectivity index is 1.88. The third-order valence-corrected chi connectivity index (χ3v) is 3.00. The molecule has 0 fully saturated rings. The smallest absolute Gasteiger partial charge is 0.270 e. The van der Waals surface area contributed by atoms with Gasteiger partial charge in [-0.2, -0.15) is 4.80 Å². The fraction of sp³-hybridized carbons (Fsp3) is 0.0667. The summed E-state index contributed by atoms with van der Waals surface area (Å²) in [4.78, 5) is 13.7. The predicted octanol–water partition coefficient (Wildman–Crippen LogP) is 2.26. The quantitative estimate of drug-likeness (QED) is 0.743. The van der Waals surface area contributed by atoms with Crippen molar-refractivity contribution in [3.8, 4) is 0 Å². The van der Waals surface area contributed by atoms with Crippen LogP contribution in [0.5, 0.6) is 0 Å². The number of benzene rings is 2. The number of anilines is 1. The molecule has 21 heavy (non-hydrogen) atoms. The van der Waals surface area contributed by atoms with Crippen LogP contribution in [0.1, 0.15) is 10.4 Å². The van der Waals surface area contributed by atoms with Crippen LogP contribution in [0.15, 0.2) is 55.1 Å². The lowest BCUT2D eigenvalue weighted by Gasteiger charge is -2.05. The van der Waals surface area contributed by atoms with Crippen LogP contribution in [0.4, 0.5) is 5.95 Å². The lowest BCUT2D eigenvalue weighted by atomic mass is 10.0. The highest BCUT2D eigenvalue weighted by molar-refractivity contribution is 6.12. The molecule has 0 atom stereocenters. The number of carbonyl (C=O) groups excluding carboxylic acids is 1. The number of amides is 1. The summed E-state index contributed by atoms with van der Waals surface area (Å²) in [5.74, 6) is -0.0836. The molecule has 0 bridgehead atoms. The first-order chi connectivity index (χ1) is 10.3. The number of hydrogen-bond acceptors (Lipinski definition) is 4. The summed E-state index contributed by atoms with van der Waals surface area (Å²) in [5, 5.41) is 16.2. The number of nitrogens with zero attached hydrogens (tertiary/aromatic N) is 4. The zero-order valence-electron chi connectivity index (χ0n) is 11.2. The van der Waals surface area contributed by atoms with Gasteiger partial charge in [0.05, 0.1) is 6.54 Å². The molecule has 2 aromatic carbocycles. The van der Waals surface area contributed by atoms with Gasteiger partial charge in [-0.05, 0) is 22.1 Å². The summed E-state index contributed by atoms with van der Waals surface area (Å²) in [6.07, 6.45) is 1.65. The molecule has 1 amide bonds. The first kappa shape index (κ1) is 13.0. The molecule has 0 spiro atoms. The van der Waals surface area contributed by atoms with Crippen LogP contribution >= 0.6 is 0 Å². The van der Waals surface area contributed by atoms with Gasteiger partial charge in [0.2, 0.25) is 0 Å². The van der Waals surface area contributed by atoms with Gasteiger partial charge in [-0.25, -0.2) is 0 Å². The molecular weight excluding hydrogens is 266 g/mol. The molecular formula is C15H13N5O. The monoisotopic (exact) mass is 279 g/mol. The van der Waals surface area contributed by atoms with Crippen molar-refractivity contribution in [2.75, 3.05) is 5.32 Å². The molecule has 1 heterocycles. The molecule has 6 heteroatoms. The summed E-state index contributed by atoms with van der Waals surface area (Å²) >= 11 is 0. The summed E-state index contributed by atoms with van der Waals surface area (Å²) < 4.78 is 0. The normalized spacial score (nSPS) is 10.5. The summed E-state index contributed by atoms with van der Waals surface area (Å²) in [5.41, 5.74) is 0.577. The highest BCUT2D eigenvalue weighted by atomic mass is 16.1. The zero-order chi connectivity index (χ0) is 14.7. The van der Waals surface area contributed by atoms with Crippen molar-refractivity contribution in [2.24, 2.45) is 0 Å². The summed E-state index contributed by atoms with van der Waals surface area (Å²) in [6.45, 7) is 4.03. The number of fused-ring (bicyclic) bond motifs is 1. The fourth-order valence-electron chi connectivity index (χ4n) is 2.08. The highest BCUT2D eigenvalue weighted by Crippen LogP contribution is 2.19. The van der Waals surface area contributed by atoms with Crippen molar-refractivity contribution in [1.29, 1.82) is 0 Å². The number of tetrazole rings is 1. The topological polar surface area (TPSA) is 72.7 Å². The Hall–Kier alpha value is -3.02. The Morgan fingerprint density at radius 1 is 1.24 bits per heavy atom.